The number of hydrogen-bond acceptors (Lipinski definition) is 8. The number of alkyl halides is 3. The van der Waals surface area contributed by atoms with Crippen LogP contribution in [0.4, 0.5) is 29.1 Å². The second kappa shape index (κ2) is 11.0. The number of rotatable bonds is 6. The summed E-state index contributed by atoms with van der Waals surface area (Å²) < 4.78 is 56.3. The molecule has 3 aliphatic heterocycles. The molecule has 42 heavy (non-hydrogen) atoms. The maximum Gasteiger partial charge on any atom is 0.493 e. The average Bonchev–Trinajstić information content (AvgIpc) is 3.65. The summed E-state index contributed by atoms with van der Waals surface area (Å²) >= 11 is 0. The first-order valence-electron chi connectivity index (χ1n) is 14.4. The highest BCUT2D eigenvalue weighted by molar-refractivity contribution is 5.80. The summed E-state index contributed by atoms with van der Waals surface area (Å²) in [4.78, 5) is 48.9. The number of nitrogens with one attached hydrogen (secondary N) is 1. The topological polar surface area (TPSA) is 92.1 Å². The van der Waals surface area contributed by atoms with Gasteiger partial charge in [0, 0.05) is 32.7 Å². The van der Waals surface area contributed by atoms with Crippen molar-refractivity contribution in [1.82, 2.24) is 19.4 Å². The molecule has 2 aromatic rings. The van der Waals surface area contributed by atoms with E-state index in [-0.39, 0.29) is 35.9 Å². The number of halogens is 4. The molecule has 1 saturated carbocycles. The minimum atomic E-state index is -5.29. The maximum atomic E-state index is 14.2. The van der Waals surface area contributed by atoms with Gasteiger partial charge in [-0.2, -0.15) is 13.2 Å². The number of benzene rings is 1. The van der Waals surface area contributed by atoms with Gasteiger partial charge in [0.2, 0.25) is 0 Å². The lowest BCUT2D eigenvalue weighted by molar-refractivity contribution is -0.203. The normalized spacial score (nSPS) is 24.7. The molecule has 3 atom stereocenters. The van der Waals surface area contributed by atoms with Crippen LogP contribution < -0.4 is 26.5 Å². The summed E-state index contributed by atoms with van der Waals surface area (Å²) in [5.41, 5.74) is -0.983. The lowest BCUT2D eigenvalue weighted by Gasteiger charge is -2.41. The SMILES string of the molecule is Cn1c2c(c(=O)n(Cc3ccc(F)cc3)c1=O)N(CC1CCCCC1)C(N1CCC3CNCC31)N2OC(=O)C(F)(F)F. The number of carbonyl (C=O) groups excluding carboxylic acids is 1. The minimum absolute atomic E-state index is 0.0131. The van der Waals surface area contributed by atoms with Gasteiger partial charge in [-0.1, -0.05) is 31.4 Å². The van der Waals surface area contributed by atoms with E-state index in [1.54, 1.807) is 4.90 Å². The van der Waals surface area contributed by atoms with Gasteiger partial charge in [0.25, 0.3) is 5.56 Å². The predicted octanol–water partition coefficient (Wildman–Crippen LogP) is 2.54. The van der Waals surface area contributed by atoms with E-state index in [4.69, 9.17) is 4.84 Å². The van der Waals surface area contributed by atoms with Crippen molar-refractivity contribution < 1.29 is 27.2 Å². The van der Waals surface area contributed by atoms with E-state index >= 15 is 0 Å². The molecule has 0 bridgehead atoms. The van der Waals surface area contributed by atoms with Gasteiger partial charge < -0.3 is 15.1 Å². The quantitative estimate of drug-likeness (QED) is 0.511. The van der Waals surface area contributed by atoms with Crippen molar-refractivity contribution >= 4 is 17.5 Å². The summed E-state index contributed by atoms with van der Waals surface area (Å²) in [5, 5.41) is 4.17. The van der Waals surface area contributed by atoms with Crippen LogP contribution in [0.25, 0.3) is 0 Å². The monoisotopic (exact) mass is 594 g/mol. The third kappa shape index (κ3) is 5.08. The van der Waals surface area contributed by atoms with Gasteiger partial charge in [0.15, 0.2) is 17.8 Å². The third-order valence-electron chi connectivity index (χ3n) is 9.11. The van der Waals surface area contributed by atoms with Crippen molar-refractivity contribution in [3.05, 3.63) is 56.5 Å². The van der Waals surface area contributed by atoms with E-state index in [0.717, 1.165) is 59.3 Å². The smallest absolute Gasteiger partial charge is 0.328 e. The van der Waals surface area contributed by atoms with Gasteiger partial charge in [-0.3, -0.25) is 18.8 Å². The van der Waals surface area contributed by atoms with E-state index in [1.165, 1.54) is 31.3 Å². The highest BCUT2D eigenvalue weighted by Gasteiger charge is 2.54. The van der Waals surface area contributed by atoms with Crippen molar-refractivity contribution in [3.63, 3.8) is 0 Å². The molecule has 0 radical (unpaired) electrons. The summed E-state index contributed by atoms with van der Waals surface area (Å²) in [6.07, 6.45) is -0.660. The van der Waals surface area contributed by atoms with Crippen molar-refractivity contribution in [2.24, 2.45) is 18.9 Å². The van der Waals surface area contributed by atoms with Crippen LogP contribution in [0.2, 0.25) is 0 Å². The fourth-order valence-corrected chi connectivity index (χ4v) is 7.06. The molecule has 2 saturated heterocycles. The molecule has 1 aromatic carbocycles. The third-order valence-corrected chi connectivity index (χ3v) is 9.11. The first-order valence-corrected chi connectivity index (χ1v) is 14.4. The Bertz CT molecular complexity index is 1450. The van der Waals surface area contributed by atoms with Gasteiger partial charge in [0.1, 0.15) is 5.82 Å². The molecule has 228 valence electrons. The number of anilines is 2. The summed E-state index contributed by atoms with van der Waals surface area (Å²) in [6.45, 7) is 2.07. The largest absolute Gasteiger partial charge is 0.493 e. The number of hydroxylamine groups is 1. The predicted molar refractivity (Wildman–Crippen MR) is 145 cm³/mol. The molecule has 4 aliphatic rings. The molecule has 1 aromatic heterocycles. The van der Waals surface area contributed by atoms with E-state index < -0.39 is 35.5 Å². The molecule has 10 nitrogen and oxygen atoms in total. The van der Waals surface area contributed by atoms with E-state index in [2.05, 4.69) is 5.32 Å². The lowest BCUT2D eigenvalue weighted by Crippen LogP contribution is -2.59. The zero-order chi connectivity index (χ0) is 29.8. The van der Waals surface area contributed by atoms with Crippen LogP contribution in [-0.4, -0.2) is 64.7 Å². The standard InChI is InChI=1S/C28H34F4N6O4/c1-34-23-22(24(39)37(27(34)41)16-18-7-9-20(29)10-8-18)36(15-17-5-3-2-4-6-17)26(38(23)42-25(40)28(30,31)32)35-12-11-19-13-33-14-21(19)35/h7-10,17,19,21,26,33H,2-6,11-16H2,1H3. The number of carbonyl (C=O) groups is 1. The zero-order valence-electron chi connectivity index (χ0n) is 23.3. The molecule has 14 heteroatoms. The first-order chi connectivity index (χ1) is 20.0. The molecule has 4 heterocycles. The van der Waals surface area contributed by atoms with E-state index in [9.17, 15) is 31.9 Å². The van der Waals surface area contributed by atoms with E-state index in [0.29, 0.717) is 25.2 Å². The van der Waals surface area contributed by atoms with Gasteiger partial charge in [-0.25, -0.2) is 14.0 Å². The van der Waals surface area contributed by atoms with Crippen LogP contribution in [0.3, 0.4) is 0 Å². The Hall–Kier alpha value is -3.39. The number of hydrogen-bond donors (Lipinski definition) is 1. The number of fused-ring (bicyclic) bond motifs is 2. The van der Waals surface area contributed by atoms with Gasteiger partial charge in [0.05, 0.1) is 6.54 Å². The molecule has 1 aliphatic carbocycles. The molecule has 3 fully saturated rings. The highest BCUT2D eigenvalue weighted by atomic mass is 19.4. The van der Waals surface area contributed by atoms with Crippen LogP contribution in [0.1, 0.15) is 44.1 Å². The Kier molecular flexibility index (Phi) is 7.54. The Labute approximate surface area is 239 Å². The molecule has 0 spiro atoms. The average molecular weight is 595 g/mol. The fraction of sp³-hybridized carbons (Fsp3) is 0.607. The number of aromatic nitrogens is 2. The molecule has 0 amide bonds. The second-order valence-electron chi connectivity index (χ2n) is 11.7. The van der Waals surface area contributed by atoms with Crippen LogP contribution >= 0.6 is 0 Å². The Morgan fingerprint density at radius 2 is 1.76 bits per heavy atom. The number of likely N-dealkylation sites (tertiary alicyclic amines) is 1. The number of nitrogens with zero attached hydrogens (tertiary/aromatic N) is 5. The summed E-state index contributed by atoms with van der Waals surface area (Å²) in [6, 6.07) is 5.32. The molecular weight excluding hydrogens is 560 g/mol. The maximum absolute atomic E-state index is 14.2. The Morgan fingerprint density at radius 1 is 1.05 bits per heavy atom. The first kappa shape index (κ1) is 28.7. The van der Waals surface area contributed by atoms with Gasteiger partial charge >= 0.3 is 17.8 Å². The fourth-order valence-electron chi connectivity index (χ4n) is 7.06. The molecule has 3 unspecified atom stereocenters. The van der Waals surface area contributed by atoms with Crippen LogP contribution in [0.5, 0.6) is 0 Å². The lowest BCUT2D eigenvalue weighted by atomic mass is 9.89. The molecule has 6 rings (SSSR count). The highest BCUT2D eigenvalue weighted by Crippen LogP contribution is 2.43. The molecular formula is C28H34F4N6O4. The van der Waals surface area contributed by atoms with Crippen LogP contribution in [0, 0.1) is 17.7 Å². The van der Waals surface area contributed by atoms with Crippen molar-refractivity contribution in [2.45, 2.75) is 63.6 Å². The Morgan fingerprint density at radius 3 is 2.45 bits per heavy atom. The van der Waals surface area contributed by atoms with Gasteiger partial charge in [-0.05, 0) is 55.3 Å². The minimum Gasteiger partial charge on any atom is -0.328 e. The molecule has 1 N–H and O–H groups in total. The van der Waals surface area contributed by atoms with Gasteiger partial charge in [-0.15, -0.1) is 5.06 Å². The van der Waals surface area contributed by atoms with Crippen molar-refractivity contribution in [1.29, 1.82) is 0 Å². The Balaban J connectivity index is 1.51. The van der Waals surface area contributed by atoms with Crippen LogP contribution in [0.15, 0.2) is 33.9 Å². The van der Waals surface area contributed by atoms with E-state index in [1.807, 2.05) is 4.90 Å². The van der Waals surface area contributed by atoms with Crippen molar-refractivity contribution in [2.75, 3.05) is 36.1 Å². The van der Waals surface area contributed by atoms with Crippen molar-refractivity contribution in [3.8, 4) is 0 Å². The summed E-state index contributed by atoms with van der Waals surface area (Å²) in [7, 11) is 1.35. The zero-order valence-corrected chi connectivity index (χ0v) is 23.3. The summed E-state index contributed by atoms with van der Waals surface area (Å²) in [5.74, 6) is -2.67. The van der Waals surface area contributed by atoms with Crippen LogP contribution in [-0.2, 0) is 23.2 Å². The second-order valence-corrected chi connectivity index (χ2v) is 11.7.